The Morgan fingerprint density at radius 3 is 1.13 bits per heavy atom. The molecule has 0 atom stereocenters. The maximum absolute atomic E-state index is 2.60. The van der Waals surface area contributed by atoms with E-state index in [9.17, 15) is 0 Å². The Kier molecular flexibility index (Phi) is 6.11. The monoisotopic (exact) mass is 542 g/mol. The highest BCUT2D eigenvalue weighted by Gasteiger charge is 2.37. The van der Waals surface area contributed by atoms with Crippen LogP contribution in [0.25, 0.3) is 0 Å². The molecule has 0 aromatic heterocycles. The minimum Gasteiger partial charge on any atom is -0.0622 e. The molecule has 0 aliphatic carbocycles. The Balaban J connectivity index is 2.30. The lowest BCUT2D eigenvalue weighted by molar-refractivity contribution is 0.705. The van der Waals surface area contributed by atoms with E-state index in [1.807, 2.05) is 0 Å². The Morgan fingerprint density at radius 1 is 0.565 bits per heavy atom. The largest absolute Gasteiger partial charge is 0.0622 e. The number of halogens is 2. The Labute approximate surface area is 165 Å². The van der Waals surface area contributed by atoms with Gasteiger partial charge in [-0.05, 0) is 60.8 Å². The molecule has 0 bridgehead atoms. The molecular weight excluding hydrogens is 525 g/mol. The van der Waals surface area contributed by atoms with E-state index in [0.29, 0.717) is 0 Å². The summed E-state index contributed by atoms with van der Waals surface area (Å²) in [5.41, 5.74) is 4.03. The molecule has 23 heavy (non-hydrogen) atoms. The first-order valence-corrected chi connectivity index (χ1v) is 14.6. The molecule has 3 heteroatoms. The molecular formula is C20H17I2P. The second-order valence-electron chi connectivity index (χ2n) is 5.46. The smallest absolute Gasteiger partial charge is 0.0504 e. The third-order valence-corrected chi connectivity index (χ3v) is 6.92. The van der Waals surface area contributed by atoms with E-state index in [1.54, 1.807) is 0 Å². The van der Waals surface area contributed by atoms with Crippen molar-refractivity contribution in [2.75, 3.05) is 6.16 Å². The highest BCUT2D eigenvalue weighted by atomic mass is 127. The average molecular weight is 542 g/mol. The summed E-state index contributed by atoms with van der Waals surface area (Å²) in [5.74, 6) is 0. The lowest BCUT2D eigenvalue weighted by Gasteiger charge is -2.36. The predicted molar refractivity (Wildman–Crippen MR) is 119 cm³/mol. The van der Waals surface area contributed by atoms with E-state index in [0.717, 1.165) is 6.16 Å². The van der Waals surface area contributed by atoms with E-state index in [-0.39, 0.29) is 8.62 Å². The molecule has 0 fully saturated rings. The fraction of sp³-hybridized carbons (Fsp3) is 0.100. The zero-order valence-corrected chi connectivity index (χ0v) is 17.8. The Bertz CT molecular complexity index is 631. The zero-order valence-electron chi connectivity index (χ0n) is 12.6. The molecule has 0 radical (unpaired) electrons. The third-order valence-electron chi connectivity index (χ3n) is 4.16. The molecule has 0 aliphatic rings. The molecule has 0 heterocycles. The van der Waals surface area contributed by atoms with Gasteiger partial charge in [-0.1, -0.05) is 91.0 Å². The maximum atomic E-state index is 2.60. The summed E-state index contributed by atoms with van der Waals surface area (Å²) in [6, 6.07) is 32.8. The van der Waals surface area contributed by atoms with Crippen LogP contribution >= 0.6 is 47.3 Å². The maximum Gasteiger partial charge on any atom is 0.0504 e. The van der Waals surface area contributed by atoms with Gasteiger partial charge in [-0.15, -0.1) is 0 Å². The molecule has 116 valence electrons. The summed E-state index contributed by atoms with van der Waals surface area (Å²) in [5, 5.41) is 0. The topological polar surface area (TPSA) is 0 Å². The van der Waals surface area contributed by atoms with Crippen molar-refractivity contribution < 1.29 is 0 Å². The van der Waals surface area contributed by atoms with Crippen LogP contribution in [0.15, 0.2) is 91.0 Å². The fourth-order valence-electron chi connectivity index (χ4n) is 3.12. The van der Waals surface area contributed by atoms with Crippen molar-refractivity contribution in [3.05, 3.63) is 108 Å². The van der Waals surface area contributed by atoms with Gasteiger partial charge in [0.2, 0.25) is 0 Å². The van der Waals surface area contributed by atoms with Crippen molar-refractivity contribution in [3.63, 3.8) is 0 Å². The molecule has 0 amide bonds. The van der Waals surface area contributed by atoms with E-state index in [4.69, 9.17) is 0 Å². The Morgan fingerprint density at radius 2 is 0.870 bits per heavy atom. The molecule has 0 saturated carbocycles. The molecule has 0 aliphatic heterocycles. The van der Waals surface area contributed by atoms with E-state index < -0.39 is 0 Å². The van der Waals surface area contributed by atoms with Gasteiger partial charge >= 0.3 is 0 Å². The molecule has 3 rings (SSSR count). The van der Waals surface area contributed by atoms with Crippen LogP contribution in [-0.2, 0) is 5.41 Å². The van der Waals surface area contributed by atoms with Crippen LogP contribution in [-0.4, -0.2) is 6.16 Å². The first-order chi connectivity index (χ1) is 11.2. The highest BCUT2D eigenvalue weighted by molar-refractivity contribution is 14.3. The SMILES string of the molecule is IP(I)CC(c1ccccc1)(c1ccccc1)c1ccccc1. The fourth-order valence-corrected chi connectivity index (χ4v) is 7.10. The Hall–Kier alpha value is -0.450. The van der Waals surface area contributed by atoms with Crippen molar-refractivity contribution in [2.45, 2.75) is 5.41 Å². The summed E-state index contributed by atoms with van der Waals surface area (Å²) in [7, 11) is 0. The first-order valence-electron chi connectivity index (χ1n) is 7.49. The lowest BCUT2D eigenvalue weighted by atomic mass is 9.71. The van der Waals surface area contributed by atoms with Crippen molar-refractivity contribution >= 4 is 47.3 Å². The minimum absolute atomic E-state index is 0.0855. The van der Waals surface area contributed by atoms with Gasteiger partial charge in [0.05, 0.1) is 5.41 Å². The zero-order chi connectivity index (χ0) is 16.1. The van der Waals surface area contributed by atoms with Crippen LogP contribution < -0.4 is 0 Å². The van der Waals surface area contributed by atoms with E-state index >= 15 is 0 Å². The first kappa shape index (κ1) is 17.4. The quantitative estimate of drug-likeness (QED) is 0.182. The van der Waals surface area contributed by atoms with Crippen LogP contribution in [0, 0.1) is 0 Å². The third kappa shape index (κ3) is 3.80. The van der Waals surface area contributed by atoms with Crippen LogP contribution in [0.4, 0.5) is 0 Å². The van der Waals surface area contributed by atoms with Crippen LogP contribution in [0.5, 0.6) is 0 Å². The molecule has 3 aromatic carbocycles. The number of benzene rings is 3. The van der Waals surface area contributed by atoms with Gasteiger partial charge in [-0.2, -0.15) is 0 Å². The molecule has 0 saturated heterocycles. The lowest BCUT2D eigenvalue weighted by Crippen LogP contribution is -2.32. The van der Waals surface area contributed by atoms with Gasteiger partial charge in [0.1, 0.15) is 0 Å². The van der Waals surface area contributed by atoms with Crippen LogP contribution in [0.1, 0.15) is 16.7 Å². The summed E-state index contributed by atoms with van der Waals surface area (Å²) < 4.78 is -0.119. The van der Waals surface area contributed by atoms with Crippen LogP contribution in [0.3, 0.4) is 0 Å². The summed E-state index contributed by atoms with van der Waals surface area (Å²) in [4.78, 5) is 0. The second-order valence-corrected chi connectivity index (χ2v) is 18.9. The molecule has 3 aromatic rings. The van der Waals surface area contributed by atoms with Crippen molar-refractivity contribution in [1.82, 2.24) is 0 Å². The normalized spacial score (nSPS) is 11.6. The number of hydrogen-bond donors (Lipinski definition) is 0. The number of hydrogen-bond acceptors (Lipinski definition) is 0. The molecule has 0 nitrogen and oxygen atoms in total. The van der Waals surface area contributed by atoms with E-state index in [1.165, 1.54) is 16.7 Å². The van der Waals surface area contributed by atoms with Gasteiger partial charge in [-0.3, -0.25) is 0 Å². The van der Waals surface area contributed by atoms with E-state index in [2.05, 4.69) is 135 Å². The summed E-state index contributed by atoms with van der Waals surface area (Å²) in [6.07, 6.45) is 1.13. The van der Waals surface area contributed by atoms with Gasteiger partial charge in [0.25, 0.3) is 0 Å². The van der Waals surface area contributed by atoms with Crippen LogP contribution in [0.2, 0.25) is 0 Å². The average Bonchev–Trinajstić information content (AvgIpc) is 2.62. The summed E-state index contributed by atoms with van der Waals surface area (Å²) >= 11 is 5.20. The van der Waals surface area contributed by atoms with Gasteiger partial charge in [0.15, 0.2) is 0 Å². The van der Waals surface area contributed by atoms with Gasteiger partial charge in [-0.25, -0.2) is 0 Å². The van der Waals surface area contributed by atoms with Crippen molar-refractivity contribution in [2.24, 2.45) is 0 Å². The second kappa shape index (κ2) is 8.09. The highest BCUT2D eigenvalue weighted by Crippen LogP contribution is 2.59. The molecule has 0 spiro atoms. The van der Waals surface area contributed by atoms with Crippen molar-refractivity contribution in [3.8, 4) is 0 Å². The minimum atomic E-state index is -0.119. The van der Waals surface area contributed by atoms with Gasteiger partial charge < -0.3 is 0 Å². The van der Waals surface area contributed by atoms with Crippen molar-refractivity contribution in [1.29, 1.82) is 0 Å². The van der Waals surface area contributed by atoms with Gasteiger partial charge in [0, 0.05) is 9.37 Å². The standard InChI is InChI=1S/C20H17I2P/c21-23(22)16-20(17-10-4-1-5-11-17,18-12-6-2-7-13-18)19-14-8-3-9-15-19/h1-15H,16H2. The molecule has 0 N–H and O–H groups in total. The predicted octanol–water partition coefficient (Wildman–Crippen LogP) is 7.20. The number of rotatable bonds is 5. The molecule has 0 unspecified atom stereocenters. The summed E-state index contributed by atoms with van der Waals surface area (Å²) in [6.45, 7) is 0.